The Kier molecular flexibility index (Phi) is 3.22. The molecule has 0 unspecified atom stereocenters. The first-order valence-electron chi connectivity index (χ1n) is 8.25. The summed E-state index contributed by atoms with van der Waals surface area (Å²) in [4.78, 5) is 17.0. The summed E-state index contributed by atoms with van der Waals surface area (Å²) in [6.07, 6.45) is 2.99. The lowest BCUT2D eigenvalue weighted by Crippen LogP contribution is -2.07. The Morgan fingerprint density at radius 1 is 0.769 bits per heavy atom. The van der Waals surface area contributed by atoms with Crippen LogP contribution in [-0.4, -0.2) is 6.21 Å². The van der Waals surface area contributed by atoms with Crippen molar-refractivity contribution < 1.29 is 8.83 Å². The Morgan fingerprint density at radius 3 is 2.38 bits per heavy atom. The Balaban J connectivity index is 1.59. The van der Waals surface area contributed by atoms with Crippen LogP contribution in [0.5, 0.6) is 0 Å². The highest BCUT2D eigenvalue weighted by Gasteiger charge is 2.07. The van der Waals surface area contributed by atoms with E-state index in [1.807, 2.05) is 54.6 Å². The Labute approximate surface area is 148 Å². The van der Waals surface area contributed by atoms with Crippen molar-refractivity contribution in [1.29, 1.82) is 0 Å². The predicted molar refractivity (Wildman–Crippen MR) is 103 cm³/mol. The molecule has 0 fully saturated rings. The largest absolute Gasteiger partial charge is 0.463 e. The fraction of sp³-hybridized carbons (Fsp3) is 0. The number of aliphatic imine (C=N–C) groups is 1. The molecule has 0 saturated carbocycles. The maximum absolute atomic E-state index is 12.5. The van der Waals surface area contributed by atoms with Crippen molar-refractivity contribution >= 4 is 44.8 Å². The second kappa shape index (κ2) is 5.70. The van der Waals surface area contributed by atoms with Crippen molar-refractivity contribution in [3.8, 4) is 0 Å². The van der Waals surface area contributed by atoms with Gasteiger partial charge in [-0.3, -0.25) is 9.79 Å². The van der Waals surface area contributed by atoms with E-state index in [1.54, 1.807) is 18.3 Å². The van der Waals surface area contributed by atoms with E-state index < -0.39 is 0 Å². The van der Waals surface area contributed by atoms with E-state index >= 15 is 0 Å². The normalized spacial score (nSPS) is 11.8. The number of hydrogen-bond acceptors (Lipinski definition) is 4. The molecule has 2 heterocycles. The van der Waals surface area contributed by atoms with Crippen molar-refractivity contribution in [2.45, 2.75) is 0 Å². The van der Waals surface area contributed by atoms with Gasteiger partial charge in [-0.2, -0.15) is 0 Å². The molecule has 0 bridgehead atoms. The van der Waals surface area contributed by atoms with Crippen molar-refractivity contribution in [3.05, 3.63) is 88.8 Å². The molecule has 0 aliphatic rings. The minimum absolute atomic E-state index is 0.0922. The van der Waals surface area contributed by atoms with E-state index in [0.717, 1.165) is 27.6 Å². The van der Waals surface area contributed by atoms with Crippen molar-refractivity contribution in [3.63, 3.8) is 0 Å². The van der Waals surface area contributed by atoms with Crippen LogP contribution in [0.1, 0.15) is 5.56 Å². The standard InChI is InChI=1S/C22H13NO3/c24-22-14(13-25-19-7-3-2-6-17(19)22)12-23-15-9-10-21-18(11-15)16-5-1-4-8-20(16)26-21/h1-13H. The highest BCUT2D eigenvalue weighted by Crippen LogP contribution is 2.31. The predicted octanol–water partition coefficient (Wildman–Crippen LogP) is 5.44. The van der Waals surface area contributed by atoms with Crippen molar-refractivity contribution in [2.75, 3.05) is 0 Å². The summed E-state index contributed by atoms with van der Waals surface area (Å²) in [6, 6.07) is 20.8. The SMILES string of the molecule is O=c1c(C=Nc2ccc3oc4ccccc4c3c2)coc2ccccc12. The fourth-order valence-corrected chi connectivity index (χ4v) is 3.12. The van der Waals surface area contributed by atoms with E-state index in [1.165, 1.54) is 6.26 Å². The van der Waals surface area contributed by atoms with Crippen LogP contribution in [0, 0.1) is 0 Å². The smallest absolute Gasteiger partial charge is 0.201 e. The van der Waals surface area contributed by atoms with Crippen molar-refractivity contribution in [1.82, 2.24) is 0 Å². The van der Waals surface area contributed by atoms with Crippen LogP contribution < -0.4 is 5.43 Å². The highest BCUT2D eigenvalue weighted by molar-refractivity contribution is 6.06. The molecule has 0 spiro atoms. The second-order valence-corrected chi connectivity index (χ2v) is 6.05. The van der Waals surface area contributed by atoms with Gasteiger partial charge in [0.15, 0.2) is 0 Å². The minimum atomic E-state index is -0.0922. The van der Waals surface area contributed by atoms with Gasteiger partial charge in [-0.1, -0.05) is 30.3 Å². The van der Waals surface area contributed by atoms with E-state index in [0.29, 0.717) is 16.5 Å². The van der Waals surface area contributed by atoms with E-state index in [2.05, 4.69) is 4.99 Å². The lowest BCUT2D eigenvalue weighted by atomic mass is 10.1. The average Bonchev–Trinajstić information content (AvgIpc) is 3.06. The molecule has 5 aromatic rings. The average molecular weight is 339 g/mol. The van der Waals surface area contributed by atoms with Gasteiger partial charge >= 0.3 is 0 Å². The first-order chi connectivity index (χ1) is 12.8. The van der Waals surface area contributed by atoms with Gasteiger partial charge < -0.3 is 8.83 Å². The quantitative estimate of drug-likeness (QED) is 0.402. The summed E-state index contributed by atoms with van der Waals surface area (Å²) >= 11 is 0. The van der Waals surface area contributed by atoms with Gasteiger partial charge in [-0.25, -0.2) is 0 Å². The molecule has 0 N–H and O–H groups in total. The number of fused-ring (bicyclic) bond motifs is 4. The Hall–Kier alpha value is -3.66. The summed E-state index contributed by atoms with van der Waals surface area (Å²) in [5, 5.41) is 2.60. The highest BCUT2D eigenvalue weighted by atomic mass is 16.3. The number of hydrogen-bond donors (Lipinski definition) is 0. The fourth-order valence-electron chi connectivity index (χ4n) is 3.12. The molecule has 4 heteroatoms. The maximum Gasteiger partial charge on any atom is 0.201 e. The molecule has 2 aromatic heterocycles. The third-order valence-electron chi connectivity index (χ3n) is 4.42. The van der Waals surface area contributed by atoms with Crippen LogP contribution in [0.2, 0.25) is 0 Å². The van der Waals surface area contributed by atoms with Crippen LogP contribution in [-0.2, 0) is 0 Å². The Morgan fingerprint density at radius 2 is 1.50 bits per heavy atom. The number of furan rings is 1. The van der Waals surface area contributed by atoms with Gasteiger partial charge in [0.25, 0.3) is 0 Å². The number of nitrogens with zero attached hydrogens (tertiary/aromatic N) is 1. The second-order valence-electron chi connectivity index (χ2n) is 6.05. The van der Waals surface area contributed by atoms with Crippen LogP contribution in [0.3, 0.4) is 0 Å². The summed E-state index contributed by atoms with van der Waals surface area (Å²) in [7, 11) is 0. The molecule has 26 heavy (non-hydrogen) atoms. The molecular weight excluding hydrogens is 326 g/mol. The molecule has 124 valence electrons. The minimum Gasteiger partial charge on any atom is -0.463 e. The first-order valence-corrected chi connectivity index (χ1v) is 8.25. The topological polar surface area (TPSA) is 55.7 Å². The van der Waals surface area contributed by atoms with Gasteiger partial charge in [-0.15, -0.1) is 0 Å². The van der Waals surface area contributed by atoms with Gasteiger partial charge in [0, 0.05) is 17.0 Å². The summed E-state index contributed by atoms with van der Waals surface area (Å²) in [5.74, 6) is 0. The van der Waals surface area contributed by atoms with Gasteiger partial charge in [0.2, 0.25) is 5.43 Å². The zero-order chi connectivity index (χ0) is 17.5. The monoisotopic (exact) mass is 339 g/mol. The zero-order valence-electron chi connectivity index (χ0n) is 13.7. The van der Waals surface area contributed by atoms with Crippen LogP contribution in [0.15, 0.2) is 91.6 Å². The third-order valence-corrected chi connectivity index (χ3v) is 4.42. The zero-order valence-corrected chi connectivity index (χ0v) is 13.7. The molecule has 0 aliphatic heterocycles. The van der Waals surface area contributed by atoms with E-state index in [4.69, 9.17) is 8.83 Å². The molecule has 0 amide bonds. The van der Waals surface area contributed by atoms with Crippen LogP contribution in [0.25, 0.3) is 32.9 Å². The maximum atomic E-state index is 12.5. The summed E-state index contributed by atoms with van der Waals surface area (Å²) in [5.41, 5.74) is 3.30. The number of para-hydroxylation sites is 2. The van der Waals surface area contributed by atoms with E-state index in [-0.39, 0.29) is 5.43 Å². The Bertz CT molecular complexity index is 1360. The molecule has 0 saturated heterocycles. The van der Waals surface area contributed by atoms with Gasteiger partial charge in [0.1, 0.15) is 23.0 Å². The molecule has 4 nitrogen and oxygen atoms in total. The first kappa shape index (κ1) is 14.7. The third kappa shape index (κ3) is 2.31. The molecule has 5 rings (SSSR count). The van der Waals surface area contributed by atoms with Gasteiger partial charge in [-0.05, 0) is 36.4 Å². The van der Waals surface area contributed by atoms with E-state index in [9.17, 15) is 4.79 Å². The number of rotatable bonds is 2. The summed E-state index contributed by atoms with van der Waals surface area (Å²) < 4.78 is 11.3. The number of benzene rings is 3. The molecule has 0 radical (unpaired) electrons. The molecule has 3 aromatic carbocycles. The van der Waals surface area contributed by atoms with Crippen LogP contribution in [0.4, 0.5) is 5.69 Å². The lowest BCUT2D eigenvalue weighted by Gasteiger charge is -1.98. The van der Waals surface area contributed by atoms with Crippen LogP contribution >= 0.6 is 0 Å². The molecule has 0 aliphatic carbocycles. The molecular formula is C22H13NO3. The lowest BCUT2D eigenvalue weighted by molar-refractivity contribution is 0.601. The van der Waals surface area contributed by atoms with Crippen molar-refractivity contribution in [2.24, 2.45) is 4.99 Å². The molecule has 0 atom stereocenters. The van der Waals surface area contributed by atoms with Gasteiger partial charge in [0.05, 0.1) is 16.6 Å². The summed E-state index contributed by atoms with van der Waals surface area (Å²) in [6.45, 7) is 0.